The number of carbonyl (C=O) groups is 1. The predicted molar refractivity (Wildman–Crippen MR) is 127 cm³/mol. The molecule has 0 fully saturated rings. The molecule has 0 aromatic rings. The van der Waals surface area contributed by atoms with E-state index in [9.17, 15) is 4.79 Å². The van der Waals surface area contributed by atoms with Crippen LogP contribution in [-0.4, -0.2) is 43.2 Å². The highest BCUT2D eigenvalue weighted by atomic mass is 16.5. The van der Waals surface area contributed by atoms with E-state index in [4.69, 9.17) is 4.74 Å². The summed E-state index contributed by atoms with van der Waals surface area (Å²) in [5.74, 6) is -0.253. The van der Waals surface area contributed by atoms with Gasteiger partial charge in [0.2, 0.25) is 0 Å². The first-order chi connectivity index (χ1) is 14.0. The molecule has 0 aliphatic heterocycles. The molecule has 0 aliphatic rings. The van der Waals surface area contributed by atoms with Crippen LogP contribution in [0.4, 0.5) is 0 Å². The second kappa shape index (κ2) is 19.2. The topological polar surface area (TPSA) is 26.3 Å². The summed E-state index contributed by atoms with van der Waals surface area (Å²) >= 11 is 0. The first-order valence-electron chi connectivity index (χ1n) is 12.7. The van der Waals surface area contributed by atoms with Gasteiger partial charge < -0.3 is 9.22 Å². The zero-order valence-corrected chi connectivity index (χ0v) is 20.4. The molecule has 0 radical (unpaired) electrons. The molecule has 0 amide bonds. The second-order valence-electron chi connectivity index (χ2n) is 9.04. The number of nitrogens with zero attached hydrogens (tertiary/aromatic N) is 1. The maximum absolute atomic E-state index is 11.3. The number of hydrogen-bond donors (Lipinski definition) is 0. The molecule has 0 aliphatic carbocycles. The predicted octanol–water partition coefficient (Wildman–Crippen LogP) is 7.44. The number of ether oxygens (including phenoxy) is 1. The lowest BCUT2D eigenvalue weighted by Crippen LogP contribution is -2.50. The lowest BCUT2D eigenvalue weighted by molar-refractivity contribution is -0.929. The number of rotatable bonds is 21. The molecule has 0 atom stereocenters. The fraction of sp³-hybridized carbons (Fsp3) is 0.885. The van der Waals surface area contributed by atoms with Crippen LogP contribution < -0.4 is 0 Å². The van der Waals surface area contributed by atoms with Gasteiger partial charge in [0.25, 0.3) is 0 Å². The molecule has 0 spiro atoms. The Labute approximate surface area is 182 Å². The van der Waals surface area contributed by atoms with E-state index in [1.807, 2.05) is 0 Å². The number of hydrogen-bond acceptors (Lipinski definition) is 2. The van der Waals surface area contributed by atoms with Crippen LogP contribution in [0.25, 0.3) is 0 Å². The van der Waals surface area contributed by atoms with Crippen LogP contribution in [-0.2, 0) is 9.53 Å². The van der Waals surface area contributed by atoms with Crippen molar-refractivity contribution >= 4 is 5.97 Å². The Hall–Kier alpha value is -0.830. The van der Waals surface area contributed by atoms with Crippen LogP contribution in [0.3, 0.4) is 0 Å². The van der Waals surface area contributed by atoms with Gasteiger partial charge in [-0.1, -0.05) is 72.3 Å². The summed E-state index contributed by atoms with van der Waals surface area (Å²) in [7, 11) is 0. The summed E-state index contributed by atoms with van der Waals surface area (Å²) in [4.78, 5) is 11.3. The molecular weight excluding hydrogens is 358 g/mol. The highest BCUT2D eigenvalue weighted by Gasteiger charge is 2.25. The van der Waals surface area contributed by atoms with E-state index in [-0.39, 0.29) is 5.97 Å². The summed E-state index contributed by atoms with van der Waals surface area (Å²) in [6.45, 7) is 18.4. The molecule has 3 nitrogen and oxygen atoms in total. The van der Waals surface area contributed by atoms with Crippen molar-refractivity contribution in [3.05, 3.63) is 12.2 Å². The Morgan fingerprint density at radius 2 is 1.07 bits per heavy atom. The van der Waals surface area contributed by atoms with E-state index in [2.05, 4.69) is 27.4 Å². The summed E-state index contributed by atoms with van der Waals surface area (Å²) in [6.07, 6.45) is 18.3. The highest BCUT2D eigenvalue weighted by Crippen LogP contribution is 2.18. The minimum atomic E-state index is -0.253. The molecule has 172 valence electrons. The summed E-state index contributed by atoms with van der Waals surface area (Å²) in [5.41, 5.74) is 0.493. The van der Waals surface area contributed by atoms with E-state index >= 15 is 0 Å². The molecule has 3 heteroatoms. The molecule has 0 saturated carbocycles. The molecule has 0 unspecified atom stereocenters. The Bertz CT molecular complexity index is 398. The van der Waals surface area contributed by atoms with Crippen LogP contribution in [0, 0.1) is 0 Å². The fourth-order valence-electron chi connectivity index (χ4n) is 4.08. The molecule has 0 N–H and O–H groups in total. The molecular formula is C26H52NO2+. The van der Waals surface area contributed by atoms with E-state index in [1.54, 1.807) is 6.92 Å². The van der Waals surface area contributed by atoms with Crippen LogP contribution in [0.2, 0.25) is 0 Å². The van der Waals surface area contributed by atoms with Gasteiger partial charge in [0.05, 0.1) is 32.8 Å². The smallest absolute Gasteiger partial charge is 0.333 e. The Balaban J connectivity index is 4.17. The normalized spacial score (nSPS) is 11.6. The third-order valence-electron chi connectivity index (χ3n) is 6.07. The highest BCUT2D eigenvalue weighted by molar-refractivity contribution is 5.86. The summed E-state index contributed by atoms with van der Waals surface area (Å²) in [6, 6.07) is 0. The Morgan fingerprint density at radius 1 is 0.655 bits per heavy atom. The maximum atomic E-state index is 11.3. The first kappa shape index (κ1) is 28.2. The van der Waals surface area contributed by atoms with Gasteiger partial charge in [-0.2, -0.15) is 0 Å². The number of esters is 1. The monoisotopic (exact) mass is 410 g/mol. The third-order valence-corrected chi connectivity index (χ3v) is 6.07. The van der Waals surface area contributed by atoms with Crippen LogP contribution in [0.15, 0.2) is 12.2 Å². The lowest BCUT2D eigenvalue weighted by Gasteiger charge is -2.39. The Kier molecular flexibility index (Phi) is 18.6. The van der Waals surface area contributed by atoms with Crippen molar-refractivity contribution in [3.8, 4) is 0 Å². The number of quaternary nitrogens is 1. The van der Waals surface area contributed by atoms with Crippen molar-refractivity contribution in [2.75, 3.05) is 32.8 Å². The van der Waals surface area contributed by atoms with Crippen molar-refractivity contribution in [1.82, 2.24) is 0 Å². The zero-order valence-electron chi connectivity index (χ0n) is 20.4. The van der Waals surface area contributed by atoms with Gasteiger partial charge in [-0.15, -0.1) is 0 Å². The van der Waals surface area contributed by atoms with Crippen molar-refractivity contribution < 1.29 is 14.0 Å². The molecule has 29 heavy (non-hydrogen) atoms. The van der Waals surface area contributed by atoms with Crippen LogP contribution in [0.1, 0.15) is 118 Å². The van der Waals surface area contributed by atoms with Gasteiger partial charge in [0.15, 0.2) is 0 Å². The van der Waals surface area contributed by atoms with Crippen LogP contribution >= 0.6 is 0 Å². The molecule has 0 saturated heterocycles. The van der Waals surface area contributed by atoms with Gasteiger partial charge in [0.1, 0.15) is 0 Å². The van der Waals surface area contributed by atoms with Gasteiger partial charge in [-0.25, -0.2) is 4.79 Å². The average Bonchev–Trinajstić information content (AvgIpc) is 2.72. The average molecular weight is 411 g/mol. The SMILES string of the molecule is C=C(C)C(=O)OCCCCCCCC[N+](CCCC)(CCCC)CCCCCC. The minimum absolute atomic E-state index is 0.253. The zero-order chi connectivity index (χ0) is 21.8. The standard InChI is InChI=1S/C26H52NO2/c1-6-9-12-17-22-27(20-10-7-2,21-11-8-3)23-18-15-13-14-16-19-24-29-26(28)25(4)5/h4,6-24H2,1-3,5H3/q+1. The lowest BCUT2D eigenvalue weighted by atomic mass is 10.1. The maximum Gasteiger partial charge on any atom is 0.333 e. The van der Waals surface area contributed by atoms with Gasteiger partial charge in [-0.3, -0.25) is 0 Å². The third kappa shape index (κ3) is 15.6. The van der Waals surface area contributed by atoms with E-state index < -0.39 is 0 Å². The van der Waals surface area contributed by atoms with Crippen molar-refractivity contribution in [3.63, 3.8) is 0 Å². The Morgan fingerprint density at radius 3 is 1.55 bits per heavy atom. The van der Waals surface area contributed by atoms with E-state index in [1.165, 1.54) is 108 Å². The summed E-state index contributed by atoms with van der Waals surface area (Å²) in [5, 5.41) is 0. The van der Waals surface area contributed by atoms with Crippen LogP contribution in [0.5, 0.6) is 0 Å². The van der Waals surface area contributed by atoms with E-state index in [0.717, 1.165) is 12.8 Å². The van der Waals surface area contributed by atoms with E-state index in [0.29, 0.717) is 12.2 Å². The molecule has 0 aromatic carbocycles. The number of carbonyl (C=O) groups excluding carboxylic acids is 1. The van der Waals surface area contributed by atoms with Gasteiger partial charge in [-0.05, 0) is 51.9 Å². The number of unbranched alkanes of at least 4 members (excludes halogenated alkanes) is 10. The molecule has 0 bridgehead atoms. The molecule has 0 heterocycles. The largest absolute Gasteiger partial charge is 0.462 e. The first-order valence-corrected chi connectivity index (χ1v) is 12.7. The van der Waals surface area contributed by atoms with Crippen molar-refractivity contribution in [2.24, 2.45) is 0 Å². The quantitative estimate of drug-likeness (QED) is 0.0850. The van der Waals surface area contributed by atoms with Crippen molar-refractivity contribution in [1.29, 1.82) is 0 Å². The van der Waals surface area contributed by atoms with Gasteiger partial charge in [0, 0.05) is 5.57 Å². The second-order valence-corrected chi connectivity index (χ2v) is 9.04. The molecule has 0 aromatic heterocycles. The summed E-state index contributed by atoms with van der Waals surface area (Å²) < 4.78 is 6.54. The molecule has 0 rings (SSSR count). The minimum Gasteiger partial charge on any atom is -0.462 e. The van der Waals surface area contributed by atoms with Crippen molar-refractivity contribution in [2.45, 2.75) is 118 Å². The van der Waals surface area contributed by atoms with Gasteiger partial charge >= 0.3 is 5.97 Å². The fourth-order valence-corrected chi connectivity index (χ4v) is 4.08.